The van der Waals surface area contributed by atoms with Gasteiger partial charge in [0.25, 0.3) is 10.2 Å². The molecule has 14 heavy (non-hydrogen) atoms. The molecule has 5 nitrogen and oxygen atoms in total. The van der Waals surface area contributed by atoms with Crippen molar-refractivity contribution in [3.05, 3.63) is 0 Å². The second kappa shape index (κ2) is 4.14. The number of hydrogen-bond donors (Lipinski definition) is 2. The van der Waals surface area contributed by atoms with Crippen LogP contribution in [0, 0.1) is 0 Å². The van der Waals surface area contributed by atoms with Crippen molar-refractivity contribution in [1.82, 2.24) is 9.03 Å². The lowest BCUT2D eigenvalue weighted by Gasteiger charge is -2.45. The summed E-state index contributed by atoms with van der Waals surface area (Å²) >= 11 is 0. The molecule has 0 aliphatic carbocycles. The van der Waals surface area contributed by atoms with Gasteiger partial charge in [-0.1, -0.05) is 13.8 Å². The summed E-state index contributed by atoms with van der Waals surface area (Å²) in [4.78, 5) is 0. The van der Waals surface area contributed by atoms with Crippen LogP contribution in [0.25, 0.3) is 0 Å². The molecule has 0 spiro atoms. The first-order chi connectivity index (χ1) is 6.43. The number of nitrogens with one attached hydrogen (secondary N) is 1. The van der Waals surface area contributed by atoms with E-state index >= 15 is 0 Å². The molecule has 0 unspecified atom stereocenters. The van der Waals surface area contributed by atoms with Gasteiger partial charge in [-0.3, -0.25) is 0 Å². The predicted molar refractivity (Wildman–Crippen MR) is 56.0 cm³/mol. The Morgan fingerprint density at radius 3 is 2.43 bits per heavy atom. The molecule has 84 valence electrons. The molecule has 0 amide bonds. The molecule has 0 bridgehead atoms. The van der Waals surface area contributed by atoms with Gasteiger partial charge in [0.05, 0.1) is 0 Å². The van der Waals surface area contributed by atoms with Gasteiger partial charge >= 0.3 is 0 Å². The third kappa shape index (κ3) is 2.44. The fourth-order valence-electron chi connectivity index (χ4n) is 1.37. The molecular weight excluding hydrogens is 202 g/mol. The van der Waals surface area contributed by atoms with Crippen molar-refractivity contribution in [2.24, 2.45) is 5.73 Å². The molecule has 1 aliphatic heterocycles. The van der Waals surface area contributed by atoms with Crippen LogP contribution in [0.15, 0.2) is 0 Å². The van der Waals surface area contributed by atoms with Crippen LogP contribution < -0.4 is 10.5 Å². The van der Waals surface area contributed by atoms with Gasteiger partial charge in [-0.15, -0.1) is 0 Å². The highest BCUT2D eigenvalue weighted by Gasteiger charge is 2.43. The monoisotopic (exact) mass is 221 g/mol. The zero-order chi connectivity index (χ0) is 10.8. The van der Waals surface area contributed by atoms with Crippen LogP contribution in [0.4, 0.5) is 0 Å². The maximum absolute atomic E-state index is 11.5. The molecule has 1 rings (SSSR count). The van der Waals surface area contributed by atoms with Crippen molar-refractivity contribution in [3.63, 3.8) is 0 Å². The summed E-state index contributed by atoms with van der Waals surface area (Å²) in [6, 6.07) is 0. The van der Waals surface area contributed by atoms with E-state index in [9.17, 15) is 8.42 Å². The summed E-state index contributed by atoms with van der Waals surface area (Å²) < 4.78 is 27.0. The minimum absolute atomic E-state index is 0.305. The van der Waals surface area contributed by atoms with Crippen LogP contribution in [0.2, 0.25) is 0 Å². The molecule has 0 aromatic heterocycles. The lowest BCUT2D eigenvalue weighted by molar-refractivity contribution is 0.151. The molecule has 0 saturated carbocycles. The van der Waals surface area contributed by atoms with Crippen molar-refractivity contribution in [2.45, 2.75) is 32.2 Å². The Hall–Kier alpha value is -0.170. The number of rotatable bonds is 5. The van der Waals surface area contributed by atoms with E-state index in [1.54, 1.807) is 0 Å². The first-order valence-corrected chi connectivity index (χ1v) is 6.41. The van der Waals surface area contributed by atoms with E-state index in [-0.39, 0.29) is 5.54 Å². The maximum atomic E-state index is 11.5. The van der Waals surface area contributed by atoms with Gasteiger partial charge in [0.2, 0.25) is 0 Å². The zero-order valence-electron chi connectivity index (χ0n) is 8.78. The Morgan fingerprint density at radius 2 is 2.00 bits per heavy atom. The van der Waals surface area contributed by atoms with Crippen molar-refractivity contribution in [2.75, 3.05) is 19.6 Å². The van der Waals surface area contributed by atoms with Gasteiger partial charge in [-0.05, 0) is 12.8 Å². The van der Waals surface area contributed by atoms with Gasteiger partial charge in [0, 0.05) is 25.2 Å². The molecular formula is C8H19N3O2S. The molecule has 0 aromatic carbocycles. The molecule has 1 fully saturated rings. The lowest BCUT2D eigenvalue weighted by Crippen LogP contribution is -2.69. The molecule has 0 aromatic rings. The van der Waals surface area contributed by atoms with Crippen LogP contribution in [0.1, 0.15) is 26.7 Å². The fourth-order valence-corrected chi connectivity index (χ4v) is 2.87. The lowest BCUT2D eigenvalue weighted by atomic mass is 9.91. The van der Waals surface area contributed by atoms with Crippen LogP contribution in [-0.2, 0) is 10.2 Å². The summed E-state index contributed by atoms with van der Waals surface area (Å²) in [7, 11) is -3.26. The van der Waals surface area contributed by atoms with E-state index in [2.05, 4.69) is 4.72 Å². The van der Waals surface area contributed by atoms with E-state index in [1.165, 1.54) is 4.31 Å². The topological polar surface area (TPSA) is 75.4 Å². The second-order valence-corrected chi connectivity index (χ2v) is 5.64. The van der Waals surface area contributed by atoms with Crippen LogP contribution in [0.5, 0.6) is 0 Å². The Bertz CT molecular complexity index is 283. The Morgan fingerprint density at radius 1 is 1.43 bits per heavy atom. The number of nitrogens with two attached hydrogens (primary N) is 1. The number of nitrogens with zero attached hydrogens (tertiary/aromatic N) is 1. The van der Waals surface area contributed by atoms with Gasteiger partial charge in [-0.2, -0.15) is 12.7 Å². The highest BCUT2D eigenvalue weighted by atomic mass is 32.2. The minimum Gasteiger partial charge on any atom is -0.323 e. The minimum atomic E-state index is -3.26. The number of hydrogen-bond acceptors (Lipinski definition) is 3. The van der Waals surface area contributed by atoms with Gasteiger partial charge in [0.15, 0.2) is 0 Å². The molecule has 1 saturated heterocycles. The van der Waals surface area contributed by atoms with Crippen molar-refractivity contribution in [1.29, 1.82) is 0 Å². The average Bonchev–Trinajstić information content (AvgIpc) is 2.09. The van der Waals surface area contributed by atoms with E-state index in [4.69, 9.17) is 5.73 Å². The summed E-state index contributed by atoms with van der Waals surface area (Å²) in [5.74, 6) is 0. The van der Waals surface area contributed by atoms with E-state index in [1.807, 2.05) is 13.8 Å². The molecule has 3 N–H and O–H groups in total. The molecule has 0 atom stereocenters. The van der Waals surface area contributed by atoms with Gasteiger partial charge in [0.1, 0.15) is 0 Å². The highest BCUT2D eigenvalue weighted by molar-refractivity contribution is 7.87. The standard InChI is InChI=1S/C8H19N3O2S/c1-3-5-10-14(12,13)11-6-8(9,4-2)7-11/h10H,3-7,9H2,1-2H3. The van der Waals surface area contributed by atoms with E-state index in [0.717, 1.165) is 12.8 Å². The van der Waals surface area contributed by atoms with Crippen molar-refractivity contribution in [3.8, 4) is 0 Å². The Balaban J connectivity index is 2.46. The molecule has 1 heterocycles. The smallest absolute Gasteiger partial charge is 0.279 e. The van der Waals surface area contributed by atoms with Crippen molar-refractivity contribution < 1.29 is 8.42 Å². The first-order valence-electron chi connectivity index (χ1n) is 4.97. The van der Waals surface area contributed by atoms with E-state index in [0.29, 0.717) is 19.6 Å². The average molecular weight is 221 g/mol. The first kappa shape index (κ1) is 11.9. The molecule has 0 radical (unpaired) electrons. The largest absolute Gasteiger partial charge is 0.323 e. The highest BCUT2D eigenvalue weighted by Crippen LogP contribution is 2.23. The van der Waals surface area contributed by atoms with Gasteiger partial charge < -0.3 is 5.73 Å². The van der Waals surface area contributed by atoms with Crippen LogP contribution in [0.3, 0.4) is 0 Å². The summed E-state index contributed by atoms with van der Waals surface area (Å²) in [5.41, 5.74) is 5.58. The summed E-state index contributed by atoms with van der Waals surface area (Å²) in [6.07, 6.45) is 1.61. The quantitative estimate of drug-likeness (QED) is 0.666. The maximum Gasteiger partial charge on any atom is 0.279 e. The second-order valence-electron chi connectivity index (χ2n) is 3.88. The zero-order valence-corrected chi connectivity index (χ0v) is 9.60. The summed E-state index contributed by atoms with van der Waals surface area (Å²) in [6.45, 7) is 5.26. The third-order valence-corrected chi connectivity index (χ3v) is 4.07. The van der Waals surface area contributed by atoms with Crippen LogP contribution >= 0.6 is 0 Å². The third-order valence-electron chi connectivity index (χ3n) is 2.56. The van der Waals surface area contributed by atoms with E-state index < -0.39 is 10.2 Å². The van der Waals surface area contributed by atoms with Crippen molar-refractivity contribution >= 4 is 10.2 Å². The van der Waals surface area contributed by atoms with Crippen LogP contribution in [-0.4, -0.2) is 37.9 Å². The summed E-state index contributed by atoms with van der Waals surface area (Å²) in [5, 5.41) is 0. The van der Waals surface area contributed by atoms with Gasteiger partial charge in [-0.25, -0.2) is 4.72 Å². The molecule has 1 aliphatic rings. The fraction of sp³-hybridized carbons (Fsp3) is 1.00. The predicted octanol–water partition coefficient (Wildman–Crippen LogP) is -0.346. The Labute approximate surface area is 85.8 Å². The Kier molecular flexibility index (Phi) is 3.52. The molecule has 6 heteroatoms. The SMILES string of the molecule is CCCNS(=O)(=O)N1CC(N)(CC)C1. The normalized spacial score (nSPS) is 21.9.